The summed E-state index contributed by atoms with van der Waals surface area (Å²) in [5.74, 6) is 0.568. The summed E-state index contributed by atoms with van der Waals surface area (Å²) in [6, 6.07) is 18.0. The van der Waals surface area contributed by atoms with Gasteiger partial charge in [0.25, 0.3) is 5.91 Å². The number of carbonyl (C=O) groups excluding carboxylic acids is 1. The smallest absolute Gasteiger partial charge is 0.253 e. The summed E-state index contributed by atoms with van der Waals surface area (Å²) in [6.45, 7) is 12.9. The van der Waals surface area contributed by atoms with E-state index >= 15 is 0 Å². The molecule has 0 bridgehead atoms. The number of nitrogens with zero attached hydrogens (tertiary/aromatic N) is 5. The Morgan fingerprint density at radius 1 is 1.14 bits per heavy atom. The molecule has 0 fully saturated rings. The molecule has 184 valence electrons. The van der Waals surface area contributed by atoms with Crippen molar-refractivity contribution in [1.29, 1.82) is 0 Å². The lowest BCUT2D eigenvalue weighted by Gasteiger charge is -2.20. The Labute approximate surface area is 211 Å². The summed E-state index contributed by atoms with van der Waals surface area (Å²) in [5.41, 5.74) is 5.72. The zero-order chi connectivity index (χ0) is 25.0. The van der Waals surface area contributed by atoms with Crippen LogP contribution in [0.15, 0.2) is 77.5 Å². The molecule has 0 aliphatic carbocycles. The van der Waals surface area contributed by atoms with Crippen molar-refractivity contribution in [3.8, 4) is 0 Å². The van der Waals surface area contributed by atoms with E-state index in [0.717, 1.165) is 30.2 Å². The highest BCUT2D eigenvalue weighted by Crippen LogP contribution is 2.23. The molecule has 2 aromatic carbocycles. The Kier molecular flexibility index (Phi) is 9.92. The number of hydrogen-bond acceptors (Lipinski definition) is 7. The first-order valence-electron chi connectivity index (χ1n) is 11.7. The Morgan fingerprint density at radius 3 is 2.51 bits per heavy atom. The molecule has 0 saturated carbocycles. The summed E-state index contributed by atoms with van der Waals surface area (Å²) >= 11 is 1.34. The minimum Gasteiger partial charge on any atom is -0.378 e. The average Bonchev–Trinajstić information content (AvgIpc) is 3.26. The van der Waals surface area contributed by atoms with E-state index in [9.17, 15) is 4.79 Å². The number of hydrogen-bond donors (Lipinski definition) is 2. The molecule has 1 amide bonds. The minimum absolute atomic E-state index is 0.205. The Balaban J connectivity index is 1.56. The lowest BCUT2D eigenvalue weighted by molar-refractivity contribution is -0.120. The molecule has 1 aromatic heterocycles. The van der Waals surface area contributed by atoms with Gasteiger partial charge in [-0.3, -0.25) is 4.79 Å². The number of aromatic nitrogens is 3. The maximum atomic E-state index is 12.6. The van der Waals surface area contributed by atoms with Crippen LogP contribution in [0.25, 0.3) is 0 Å². The fourth-order valence-electron chi connectivity index (χ4n) is 3.42. The number of para-hydroxylation sites is 1. The van der Waals surface area contributed by atoms with Crippen molar-refractivity contribution < 1.29 is 4.79 Å². The van der Waals surface area contributed by atoms with Crippen molar-refractivity contribution in [3.63, 3.8) is 0 Å². The number of amides is 1. The van der Waals surface area contributed by atoms with E-state index in [1.54, 1.807) is 12.3 Å². The number of anilines is 2. The van der Waals surface area contributed by atoms with Gasteiger partial charge in [0.15, 0.2) is 11.0 Å². The lowest BCUT2D eigenvalue weighted by Crippen LogP contribution is -2.27. The second kappa shape index (κ2) is 13.3. The van der Waals surface area contributed by atoms with Crippen molar-refractivity contribution in [2.24, 2.45) is 5.10 Å². The van der Waals surface area contributed by atoms with Crippen LogP contribution in [0, 0.1) is 0 Å². The summed E-state index contributed by atoms with van der Waals surface area (Å²) in [7, 11) is 0. The predicted octanol–water partition coefficient (Wildman–Crippen LogP) is 4.55. The van der Waals surface area contributed by atoms with Gasteiger partial charge in [-0.15, -0.1) is 16.8 Å². The van der Waals surface area contributed by atoms with Crippen LogP contribution in [0.3, 0.4) is 0 Å². The molecule has 8 nitrogen and oxygen atoms in total. The fourth-order valence-corrected chi connectivity index (χ4v) is 4.29. The molecule has 1 atom stereocenters. The van der Waals surface area contributed by atoms with E-state index in [-0.39, 0.29) is 5.91 Å². The monoisotopic (exact) mass is 491 g/mol. The number of allylic oxidation sites excluding steroid dienone is 1. The van der Waals surface area contributed by atoms with Crippen molar-refractivity contribution in [2.45, 2.75) is 44.3 Å². The fraction of sp³-hybridized carbons (Fsp3) is 0.308. The highest BCUT2D eigenvalue weighted by Gasteiger charge is 2.19. The second-order valence-electron chi connectivity index (χ2n) is 7.78. The molecule has 1 heterocycles. The first-order valence-corrected chi connectivity index (χ1v) is 12.6. The number of carbonyl (C=O) groups is 1. The Morgan fingerprint density at radius 2 is 1.86 bits per heavy atom. The number of thioether (sulfide) groups is 1. The molecule has 0 aliphatic rings. The van der Waals surface area contributed by atoms with Crippen LogP contribution >= 0.6 is 11.8 Å². The van der Waals surface area contributed by atoms with Gasteiger partial charge in [0, 0.05) is 31.0 Å². The normalized spacial score (nSPS) is 11.9. The molecular formula is C26H33N7OS. The summed E-state index contributed by atoms with van der Waals surface area (Å²) in [5, 5.41) is 16.3. The molecule has 3 rings (SSSR count). The summed E-state index contributed by atoms with van der Waals surface area (Å²) < 4.78 is 1.96. The topological polar surface area (TPSA) is 87.4 Å². The molecule has 0 unspecified atom stereocenters. The highest BCUT2D eigenvalue weighted by molar-refractivity contribution is 8.00. The van der Waals surface area contributed by atoms with Gasteiger partial charge in [-0.2, -0.15) is 5.10 Å². The van der Waals surface area contributed by atoms with Crippen LogP contribution in [-0.2, 0) is 17.9 Å². The SMILES string of the molecule is C=CCn1c(CNc2ccccc2)nnc1S[C@H](C)C(=O)N/N=C\c1ccc(N(CC)CC)cc1. The maximum Gasteiger partial charge on any atom is 0.253 e. The van der Waals surface area contributed by atoms with Crippen molar-refractivity contribution in [3.05, 3.63) is 78.6 Å². The Bertz CT molecular complexity index is 1110. The number of hydrazone groups is 1. The van der Waals surface area contributed by atoms with Crippen molar-refractivity contribution in [2.75, 3.05) is 23.3 Å². The third-order valence-electron chi connectivity index (χ3n) is 5.39. The van der Waals surface area contributed by atoms with Gasteiger partial charge in [0.2, 0.25) is 0 Å². The molecule has 0 saturated heterocycles. The number of nitrogens with one attached hydrogen (secondary N) is 2. The van der Waals surface area contributed by atoms with Crippen LogP contribution in [0.5, 0.6) is 0 Å². The molecular weight excluding hydrogens is 458 g/mol. The third kappa shape index (κ3) is 7.45. The zero-order valence-corrected chi connectivity index (χ0v) is 21.3. The van der Waals surface area contributed by atoms with E-state index in [1.165, 1.54) is 17.4 Å². The molecule has 0 radical (unpaired) electrons. The minimum atomic E-state index is -0.403. The zero-order valence-electron chi connectivity index (χ0n) is 20.5. The second-order valence-corrected chi connectivity index (χ2v) is 9.08. The molecule has 0 spiro atoms. The highest BCUT2D eigenvalue weighted by atomic mass is 32.2. The molecule has 35 heavy (non-hydrogen) atoms. The van der Waals surface area contributed by atoms with Crippen molar-refractivity contribution in [1.82, 2.24) is 20.2 Å². The van der Waals surface area contributed by atoms with E-state index in [4.69, 9.17) is 0 Å². The van der Waals surface area contributed by atoms with Crippen LogP contribution < -0.4 is 15.6 Å². The van der Waals surface area contributed by atoms with Crippen LogP contribution in [0.4, 0.5) is 11.4 Å². The van der Waals surface area contributed by atoms with E-state index in [0.29, 0.717) is 18.2 Å². The first-order chi connectivity index (χ1) is 17.0. The number of benzene rings is 2. The summed E-state index contributed by atoms with van der Waals surface area (Å²) in [4.78, 5) is 14.9. The average molecular weight is 492 g/mol. The van der Waals surface area contributed by atoms with Gasteiger partial charge < -0.3 is 14.8 Å². The van der Waals surface area contributed by atoms with Gasteiger partial charge in [-0.05, 0) is 50.6 Å². The predicted molar refractivity (Wildman–Crippen MR) is 145 cm³/mol. The van der Waals surface area contributed by atoms with Crippen LogP contribution in [-0.4, -0.2) is 45.2 Å². The van der Waals surface area contributed by atoms with Crippen LogP contribution in [0.2, 0.25) is 0 Å². The van der Waals surface area contributed by atoms with Crippen LogP contribution in [0.1, 0.15) is 32.2 Å². The van der Waals surface area contributed by atoms with Gasteiger partial charge in [0.1, 0.15) is 0 Å². The summed E-state index contributed by atoms with van der Waals surface area (Å²) in [6.07, 6.45) is 3.44. The standard InChI is InChI=1S/C26H33N7OS/c1-5-17-33-24(19-27-22-11-9-8-10-12-22)29-31-26(33)35-20(4)25(34)30-28-18-21-13-15-23(16-14-21)32(6-2)7-3/h5,8-16,18,20,27H,1,6-7,17,19H2,2-4H3,(H,30,34)/b28-18-/t20-/m1/s1. The quantitative estimate of drug-likeness (QED) is 0.158. The third-order valence-corrected chi connectivity index (χ3v) is 6.47. The molecule has 0 aliphatic heterocycles. The van der Waals surface area contributed by atoms with Gasteiger partial charge in [0.05, 0.1) is 18.0 Å². The van der Waals surface area contributed by atoms with E-state index in [1.807, 2.05) is 54.0 Å². The van der Waals surface area contributed by atoms with Gasteiger partial charge in [-0.25, -0.2) is 5.43 Å². The lowest BCUT2D eigenvalue weighted by atomic mass is 10.2. The largest absolute Gasteiger partial charge is 0.378 e. The van der Waals surface area contributed by atoms with Gasteiger partial charge >= 0.3 is 0 Å². The molecule has 2 N–H and O–H groups in total. The molecule has 9 heteroatoms. The molecule has 3 aromatic rings. The van der Waals surface area contributed by atoms with E-state index in [2.05, 4.69) is 63.5 Å². The maximum absolute atomic E-state index is 12.6. The first kappa shape index (κ1) is 26.0. The van der Waals surface area contributed by atoms with Crippen molar-refractivity contribution >= 4 is 35.3 Å². The van der Waals surface area contributed by atoms with Gasteiger partial charge in [-0.1, -0.05) is 48.2 Å². The Hall–Kier alpha value is -3.59. The van der Waals surface area contributed by atoms with E-state index < -0.39 is 5.25 Å². The number of rotatable bonds is 13.